The number of amides is 1. The molecule has 33 heavy (non-hydrogen) atoms. The molecule has 1 heterocycles. The van der Waals surface area contributed by atoms with Gasteiger partial charge in [0.25, 0.3) is 5.91 Å². The van der Waals surface area contributed by atoms with Gasteiger partial charge >= 0.3 is 0 Å². The average Bonchev–Trinajstić information content (AvgIpc) is 3.07. The molecule has 1 fully saturated rings. The number of hydrogen-bond donors (Lipinski definition) is 3. The van der Waals surface area contributed by atoms with E-state index in [9.17, 15) is 18.0 Å². The summed E-state index contributed by atoms with van der Waals surface area (Å²) in [6.07, 6.45) is -0.688. The van der Waals surface area contributed by atoms with Crippen LogP contribution in [0.1, 0.15) is 26.3 Å². The van der Waals surface area contributed by atoms with Crippen LogP contribution in [0.5, 0.6) is 0 Å². The number of carbonyl (C=O) groups excluding carboxylic acids is 2. The predicted octanol–water partition coefficient (Wildman–Crippen LogP) is 2.84. The maximum Gasteiger partial charge on any atom is 0.258 e. The van der Waals surface area contributed by atoms with Gasteiger partial charge in [-0.05, 0) is 56.7 Å². The number of nitrogens with one attached hydrogen (secondary N) is 3. The molecule has 176 valence electrons. The first-order valence-electron chi connectivity index (χ1n) is 10.4. The number of rotatable bonds is 8. The maximum atomic E-state index is 12.6. The Kier molecular flexibility index (Phi) is 7.69. The number of benzene rings is 2. The molecule has 0 radical (unpaired) electrons. The lowest BCUT2D eigenvalue weighted by Crippen LogP contribution is -2.38. The highest BCUT2D eigenvalue weighted by molar-refractivity contribution is 7.89. The minimum absolute atomic E-state index is 0.0118. The van der Waals surface area contributed by atoms with Gasteiger partial charge in [-0.3, -0.25) is 14.4 Å². The quantitative estimate of drug-likeness (QED) is 0.398. The predicted molar refractivity (Wildman–Crippen MR) is 122 cm³/mol. The zero-order valence-corrected chi connectivity index (χ0v) is 19.6. The standard InChI is InChI=1S/C22H27N5O5S/c1-13-7-5-6-8-19(13)23-21(29)20(16(4)28)25-24-17-9-11-18(12-10-17)33(30,31)27-22-14(2)15(3)26-32-22/h5-12,14-15,20,22,26-27H,1-4H3,(H,23,29)/t14-,15+,20-,22+/m1/s1. The third-order valence-corrected chi connectivity index (χ3v) is 6.83. The van der Waals surface area contributed by atoms with Gasteiger partial charge in [0.2, 0.25) is 16.1 Å². The molecular formula is C22H27N5O5S. The highest BCUT2D eigenvalue weighted by Crippen LogP contribution is 2.22. The smallest absolute Gasteiger partial charge is 0.258 e. The molecule has 3 rings (SSSR count). The van der Waals surface area contributed by atoms with E-state index < -0.39 is 34.0 Å². The highest BCUT2D eigenvalue weighted by atomic mass is 32.2. The van der Waals surface area contributed by atoms with E-state index in [1.54, 1.807) is 12.1 Å². The fourth-order valence-electron chi connectivity index (χ4n) is 3.06. The van der Waals surface area contributed by atoms with Crippen LogP contribution in [0, 0.1) is 12.8 Å². The van der Waals surface area contributed by atoms with Crippen molar-refractivity contribution in [3.63, 3.8) is 0 Å². The van der Waals surface area contributed by atoms with Crippen LogP contribution in [0.15, 0.2) is 63.7 Å². The van der Waals surface area contributed by atoms with Crippen LogP contribution in [-0.2, 0) is 24.4 Å². The molecule has 1 amide bonds. The summed E-state index contributed by atoms with van der Waals surface area (Å²) < 4.78 is 27.8. The second-order valence-electron chi connectivity index (χ2n) is 7.95. The number of ketones is 1. The number of para-hydroxylation sites is 1. The molecule has 10 nitrogen and oxygen atoms in total. The van der Waals surface area contributed by atoms with E-state index in [4.69, 9.17) is 4.84 Å². The van der Waals surface area contributed by atoms with Crippen molar-refractivity contribution in [2.75, 3.05) is 5.32 Å². The van der Waals surface area contributed by atoms with Crippen LogP contribution in [-0.4, -0.2) is 38.4 Å². The van der Waals surface area contributed by atoms with Gasteiger partial charge in [-0.2, -0.15) is 20.4 Å². The summed E-state index contributed by atoms with van der Waals surface area (Å²) in [7, 11) is -3.82. The number of hydrogen-bond acceptors (Lipinski definition) is 8. The summed E-state index contributed by atoms with van der Waals surface area (Å²) in [4.78, 5) is 29.8. The van der Waals surface area contributed by atoms with Gasteiger partial charge in [-0.15, -0.1) is 0 Å². The van der Waals surface area contributed by atoms with E-state index in [0.717, 1.165) is 5.56 Å². The molecule has 0 unspecified atom stereocenters. The van der Waals surface area contributed by atoms with Crippen molar-refractivity contribution in [2.45, 2.75) is 50.9 Å². The zero-order valence-electron chi connectivity index (χ0n) is 18.8. The molecular weight excluding hydrogens is 446 g/mol. The topological polar surface area (TPSA) is 138 Å². The summed E-state index contributed by atoms with van der Waals surface area (Å²) >= 11 is 0. The normalized spacial score (nSPS) is 21.8. The van der Waals surface area contributed by atoms with E-state index in [2.05, 4.69) is 25.7 Å². The number of sulfonamides is 1. The summed E-state index contributed by atoms with van der Waals surface area (Å²) in [5, 5.41) is 10.5. The zero-order chi connectivity index (χ0) is 24.2. The molecule has 1 aliphatic heterocycles. The lowest BCUT2D eigenvalue weighted by molar-refractivity contribution is -0.126. The Bertz CT molecular complexity index is 1150. The van der Waals surface area contributed by atoms with Crippen LogP contribution in [0.3, 0.4) is 0 Å². The van der Waals surface area contributed by atoms with Crippen molar-refractivity contribution >= 4 is 33.1 Å². The van der Waals surface area contributed by atoms with E-state index in [1.807, 2.05) is 32.9 Å². The van der Waals surface area contributed by atoms with Crippen molar-refractivity contribution in [1.82, 2.24) is 10.2 Å². The number of aryl methyl sites for hydroxylation is 1. The molecule has 4 atom stereocenters. The number of nitrogens with zero attached hydrogens (tertiary/aromatic N) is 2. The molecule has 0 saturated carbocycles. The number of anilines is 1. The first kappa shape index (κ1) is 24.6. The number of azo groups is 1. The Labute approximate surface area is 192 Å². The molecule has 0 bridgehead atoms. The second kappa shape index (κ2) is 10.3. The monoisotopic (exact) mass is 473 g/mol. The van der Waals surface area contributed by atoms with Crippen LogP contribution < -0.4 is 15.5 Å². The van der Waals surface area contributed by atoms with Crippen LogP contribution >= 0.6 is 0 Å². The lowest BCUT2D eigenvalue weighted by atomic mass is 10.1. The Morgan fingerprint density at radius 1 is 1.09 bits per heavy atom. The van der Waals surface area contributed by atoms with Crippen molar-refractivity contribution in [3.8, 4) is 0 Å². The van der Waals surface area contributed by atoms with Gasteiger partial charge < -0.3 is 5.32 Å². The molecule has 0 aliphatic carbocycles. The van der Waals surface area contributed by atoms with Crippen LogP contribution in [0.25, 0.3) is 0 Å². The molecule has 0 aromatic heterocycles. The molecule has 1 saturated heterocycles. The van der Waals surface area contributed by atoms with E-state index in [0.29, 0.717) is 11.4 Å². The average molecular weight is 474 g/mol. The van der Waals surface area contributed by atoms with Gasteiger partial charge in [0.05, 0.1) is 10.6 Å². The number of hydroxylamine groups is 1. The van der Waals surface area contributed by atoms with Crippen molar-refractivity contribution in [1.29, 1.82) is 0 Å². The fourth-order valence-corrected chi connectivity index (χ4v) is 4.26. The fraction of sp³-hybridized carbons (Fsp3) is 0.364. The molecule has 0 spiro atoms. The SMILES string of the molecule is CC(=O)[C@@H](N=Nc1ccc(S(=O)(=O)N[C@H]2ON[C@@H](C)[C@H]2C)cc1)C(=O)Nc1ccccc1C. The molecule has 1 aliphatic rings. The van der Waals surface area contributed by atoms with Gasteiger partial charge in [0.15, 0.2) is 5.78 Å². The van der Waals surface area contributed by atoms with Crippen molar-refractivity contribution in [2.24, 2.45) is 16.1 Å². The Morgan fingerprint density at radius 3 is 2.33 bits per heavy atom. The van der Waals surface area contributed by atoms with Crippen LogP contribution in [0.4, 0.5) is 11.4 Å². The maximum absolute atomic E-state index is 12.6. The van der Waals surface area contributed by atoms with Crippen molar-refractivity contribution < 1.29 is 22.8 Å². The number of Topliss-reactive ketones (excluding diaryl/α,β-unsaturated/α-hetero) is 1. The Hall–Kier alpha value is -2.99. The second-order valence-corrected chi connectivity index (χ2v) is 9.67. The Morgan fingerprint density at radius 2 is 1.76 bits per heavy atom. The summed E-state index contributed by atoms with van der Waals surface area (Å²) in [5.74, 6) is -1.12. The summed E-state index contributed by atoms with van der Waals surface area (Å²) in [6, 6.07) is 11.5. The number of carbonyl (C=O) groups is 2. The van der Waals surface area contributed by atoms with E-state index in [-0.39, 0.29) is 16.9 Å². The Balaban J connectivity index is 1.69. The summed E-state index contributed by atoms with van der Waals surface area (Å²) in [6.45, 7) is 6.86. The highest BCUT2D eigenvalue weighted by Gasteiger charge is 2.34. The van der Waals surface area contributed by atoms with E-state index >= 15 is 0 Å². The largest absolute Gasteiger partial charge is 0.324 e. The van der Waals surface area contributed by atoms with Crippen molar-refractivity contribution in [3.05, 3.63) is 54.1 Å². The summed E-state index contributed by atoms with van der Waals surface area (Å²) in [5.41, 5.74) is 4.47. The molecule has 2 aromatic rings. The van der Waals surface area contributed by atoms with E-state index in [1.165, 1.54) is 31.2 Å². The third kappa shape index (κ3) is 6.08. The minimum atomic E-state index is -3.82. The first-order chi connectivity index (χ1) is 15.6. The van der Waals surface area contributed by atoms with Crippen LogP contribution in [0.2, 0.25) is 0 Å². The van der Waals surface area contributed by atoms with Gasteiger partial charge in [0.1, 0.15) is 6.23 Å². The molecule has 2 aromatic carbocycles. The molecule has 3 N–H and O–H groups in total. The van der Waals surface area contributed by atoms with Gasteiger partial charge in [0, 0.05) is 17.6 Å². The molecule has 11 heteroatoms. The van der Waals surface area contributed by atoms with Gasteiger partial charge in [-0.1, -0.05) is 25.1 Å². The first-order valence-corrected chi connectivity index (χ1v) is 11.9. The van der Waals surface area contributed by atoms with Gasteiger partial charge in [-0.25, -0.2) is 8.42 Å². The third-order valence-electron chi connectivity index (χ3n) is 5.39. The lowest BCUT2D eigenvalue weighted by Gasteiger charge is -2.16. The minimum Gasteiger partial charge on any atom is -0.324 e.